The number of carbonyl (C=O) groups excluding carboxylic acids is 2. The summed E-state index contributed by atoms with van der Waals surface area (Å²) in [5, 5.41) is 0. The Bertz CT molecular complexity index is 916. The Morgan fingerprint density at radius 3 is 2.52 bits per heavy atom. The van der Waals surface area contributed by atoms with Gasteiger partial charge in [-0.15, -0.1) is 0 Å². The molecule has 2 aromatic rings. The minimum atomic E-state index is -0.692. The van der Waals surface area contributed by atoms with E-state index >= 15 is 0 Å². The SMILES string of the molecule is COc1cccc(N=C2C(=O)c3ccccc3C(=O)C2N2CCOCC2)c1. The Hall–Kier alpha value is -2.83. The fourth-order valence-electron chi connectivity index (χ4n) is 3.54. The van der Waals surface area contributed by atoms with Crippen molar-refractivity contribution in [3.05, 3.63) is 59.7 Å². The van der Waals surface area contributed by atoms with Gasteiger partial charge in [0.25, 0.3) is 0 Å². The zero-order valence-electron chi connectivity index (χ0n) is 15.1. The van der Waals surface area contributed by atoms with Crippen LogP contribution in [0.15, 0.2) is 53.5 Å². The predicted molar refractivity (Wildman–Crippen MR) is 101 cm³/mol. The molecule has 1 aliphatic carbocycles. The second kappa shape index (κ2) is 7.42. The predicted octanol–water partition coefficient (Wildman–Crippen LogP) is 2.55. The summed E-state index contributed by atoms with van der Waals surface area (Å²) in [6.07, 6.45) is 0. The Kier molecular flexibility index (Phi) is 4.83. The lowest BCUT2D eigenvalue weighted by molar-refractivity contribution is 0.0278. The van der Waals surface area contributed by atoms with Gasteiger partial charge < -0.3 is 9.47 Å². The number of aliphatic imine (C=N–C) groups is 1. The van der Waals surface area contributed by atoms with Crippen molar-refractivity contribution >= 4 is 23.0 Å². The molecule has 1 fully saturated rings. The lowest BCUT2D eigenvalue weighted by atomic mass is 9.83. The van der Waals surface area contributed by atoms with Gasteiger partial charge in [0.15, 0.2) is 5.78 Å². The van der Waals surface area contributed by atoms with Crippen molar-refractivity contribution in [2.45, 2.75) is 6.04 Å². The second-order valence-corrected chi connectivity index (χ2v) is 6.49. The standard InChI is InChI=1S/C21H20N2O4/c1-26-15-6-4-5-14(13-15)22-18-19(23-9-11-27-12-10-23)21(25)17-8-3-2-7-16(17)20(18)24/h2-8,13,19H,9-12H2,1H3. The van der Waals surface area contributed by atoms with Gasteiger partial charge in [0.05, 0.1) is 26.0 Å². The molecule has 0 spiro atoms. The van der Waals surface area contributed by atoms with Crippen LogP contribution in [0.5, 0.6) is 5.75 Å². The van der Waals surface area contributed by atoms with Gasteiger partial charge in [-0.1, -0.05) is 30.3 Å². The number of ether oxygens (including phenoxy) is 2. The highest BCUT2D eigenvalue weighted by Crippen LogP contribution is 2.27. The molecule has 138 valence electrons. The number of rotatable bonds is 3. The number of fused-ring (bicyclic) bond motifs is 1. The molecular weight excluding hydrogens is 344 g/mol. The average Bonchev–Trinajstić information content (AvgIpc) is 2.73. The molecule has 0 radical (unpaired) electrons. The zero-order valence-corrected chi connectivity index (χ0v) is 15.1. The fraction of sp³-hybridized carbons (Fsp3) is 0.286. The van der Waals surface area contributed by atoms with Crippen LogP contribution in [0.4, 0.5) is 5.69 Å². The summed E-state index contributed by atoms with van der Waals surface area (Å²) in [6.45, 7) is 2.24. The lowest BCUT2D eigenvalue weighted by Crippen LogP contribution is -2.55. The monoisotopic (exact) mass is 364 g/mol. The summed E-state index contributed by atoms with van der Waals surface area (Å²) in [5.41, 5.74) is 1.72. The van der Waals surface area contributed by atoms with Gasteiger partial charge in [-0.2, -0.15) is 0 Å². The number of morpholine rings is 1. The average molecular weight is 364 g/mol. The van der Waals surface area contributed by atoms with E-state index in [0.717, 1.165) is 0 Å². The number of methoxy groups -OCH3 is 1. The van der Waals surface area contributed by atoms with Crippen LogP contribution in [0, 0.1) is 0 Å². The molecule has 0 saturated carbocycles. The third kappa shape index (κ3) is 3.29. The molecule has 6 heteroatoms. The summed E-state index contributed by atoms with van der Waals surface area (Å²) in [4.78, 5) is 33.0. The van der Waals surface area contributed by atoms with E-state index in [1.54, 1.807) is 43.5 Å². The Balaban J connectivity index is 1.83. The van der Waals surface area contributed by atoms with Crippen LogP contribution in [0.1, 0.15) is 20.7 Å². The molecule has 1 heterocycles. The first-order chi connectivity index (χ1) is 13.2. The van der Waals surface area contributed by atoms with E-state index in [4.69, 9.17) is 9.47 Å². The normalized spacial score (nSPS) is 22.0. The molecule has 1 atom stereocenters. The van der Waals surface area contributed by atoms with Crippen molar-refractivity contribution in [3.8, 4) is 5.75 Å². The molecule has 4 rings (SSSR count). The number of carbonyl (C=O) groups is 2. The highest BCUT2D eigenvalue weighted by Gasteiger charge is 2.42. The maximum atomic E-state index is 13.2. The quantitative estimate of drug-likeness (QED) is 0.837. The molecule has 0 bridgehead atoms. The maximum Gasteiger partial charge on any atom is 0.210 e. The summed E-state index contributed by atoms with van der Waals surface area (Å²) < 4.78 is 10.7. The van der Waals surface area contributed by atoms with E-state index in [-0.39, 0.29) is 17.3 Å². The van der Waals surface area contributed by atoms with Crippen LogP contribution in [-0.4, -0.2) is 61.6 Å². The van der Waals surface area contributed by atoms with Crippen molar-refractivity contribution in [3.63, 3.8) is 0 Å². The molecule has 2 aliphatic rings. The largest absolute Gasteiger partial charge is 0.497 e. The lowest BCUT2D eigenvalue weighted by Gasteiger charge is -2.36. The third-order valence-corrected chi connectivity index (χ3v) is 4.89. The van der Waals surface area contributed by atoms with Crippen LogP contribution in [-0.2, 0) is 4.74 Å². The number of hydrogen-bond donors (Lipinski definition) is 0. The highest BCUT2D eigenvalue weighted by molar-refractivity contribution is 6.55. The zero-order chi connectivity index (χ0) is 18.8. The molecule has 2 aromatic carbocycles. The molecule has 27 heavy (non-hydrogen) atoms. The van der Waals surface area contributed by atoms with Crippen molar-refractivity contribution in [1.29, 1.82) is 0 Å². The van der Waals surface area contributed by atoms with E-state index < -0.39 is 6.04 Å². The number of nitrogens with zero attached hydrogens (tertiary/aromatic N) is 2. The summed E-state index contributed by atoms with van der Waals surface area (Å²) >= 11 is 0. The summed E-state index contributed by atoms with van der Waals surface area (Å²) in [6, 6.07) is 13.4. The molecule has 6 nitrogen and oxygen atoms in total. The number of ketones is 2. The third-order valence-electron chi connectivity index (χ3n) is 4.89. The van der Waals surface area contributed by atoms with Gasteiger partial charge in [0, 0.05) is 30.3 Å². The first-order valence-corrected chi connectivity index (χ1v) is 8.91. The van der Waals surface area contributed by atoms with E-state index in [9.17, 15) is 9.59 Å². The maximum absolute atomic E-state index is 13.2. The minimum absolute atomic E-state index is 0.0891. The highest BCUT2D eigenvalue weighted by atomic mass is 16.5. The van der Waals surface area contributed by atoms with Crippen molar-refractivity contribution in [2.24, 2.45) is 4.99 Å². The van der Waals surface area contributed by atoms with Gasteiger partial charge >= 0.3 is 0 Å². The molecule has 0 N–H and O–H groups in total. The number of benzene rings is 2. The van der Waals surface area contributed by atoms with Gasteiger partial charge in [0.1, 0.15) is 17.5 Å². The Morgan fingerprint density at radius 2 is 1.78 bits per heavy atom. The fourth-order valence-corrected chi connectivity index (χ4v) is 3.54. The van der Waals surface area contributed by atoms with Crippen LogP contribution < -0.4 is 4.74 Å². The Labute approximate surface area is 157 Å². The van der Waals surface area contributed by atoms with E-state index in [2.05, 4.69) is 4.99 Å². The smallest absolute Gasteiger partial charge is 0.210 e. The van der Waals surface area contributed by atoms with Crippen LogP contribution >= 0.6 is 0 Å². The van der Waals surface area contributed by atoms with Gasteiger partial charge in [-0.25, -0.2) is 4.99 Å². The summed E-state index contributed by atoms with van der Waals surface area (Å²) in [5.74, 6) is 0.355. The molecule has 1 aliphatic heterocycles. The molecule has 1 unspecified atom stereocenters. The van der Waals surface area contributed by atoms with Crippen LogP contribution in [0.3, 0.4) is 0 Å². The van der Waals surface area contributed by atoms with Crippen molar-refractivity contribution < 1.29 is 19.1 Å². The summed E-state index contributed by atoms with van der Waals surface area (Å²) in [7, 11) is 1.58. The molecular formula is C21H20N2O4. The van der Waals surface area contributed by atoms with Crippen LogP contribution in [0.25, 0.3) is 0 Å². The topological polar surface area (TPSA) is 68.2 Å². The molecule has 0 amide bonds. The molecule has 1 saturated heterocycles. The van der Waals surface area contributed by atoms with E-state index in [1.807, 2.05) is 17.0 Å². The molecule has 0 aromatic heterocycles. The van der Waals surface area contributed by atoms with Gasteiger partial charge in [-0.05, 0) is 12.1 Å². The van der Waals surface area contributed by atoms with E-state index in [1.165, 1.54) is 0 Å². The van der Waals surface area contributed by atoms with Crippen molar-refractivity contribution in [2.75, 3.05) is 33.4 Å². The first kappa shape index (κ1) is 17.6. The second-order valence-electron chi connectivity index (χ2n) is 6.49. The van der Waals surface area contributed by atoms with Crippen LogP contribution in [0.2, 0.25) is 0 Å². The minimum Gasteiger partial charge on any atom is -0.497 e. The Morgan fingerprint density at radius 1 is 1.04 bits per heavy atom. The number of Topliss-reactive ketones (excluding diaryl/α,β-unsaturated/α-hetero) is 2. The number of hydrogen-bond acceptors (Lipinski definition) is 6. The van der Waals surface area contributed by atoms with Gasteiger partial charge in [0.2, 0.25) is 5.78 Å². The van der Waals surface area contributed by atoms with Gasteiger partial charge in [-0.3, -0.25) is 14.5 Å². The first-order valence-electron chi connectivity index (χ1n) is 8.91. The van der Waals surface area contributed by atoms with Crippen molar-refractivity contribution in [1.82, 2.24) is 4.90 Å². The van der Waals surface area contributed by atoms with E-state index in [0.29, 0.717) is 48.9 Å².